The third kappa shape index (κ3) is 3.26. The molecule has 0 aliphatic heterocycles. The van der Waals surface area contributed by atoms with Crippen molar-refractivity contribution < 1.29 is 9.53 Å². The molecule has 0 saturated carbocycles. The van der Waals surface area contributed by atoms with Gasteiger partial charge in [-0.3, -0.25) is 4.79 Å². The van der Waals surface area contributed by atoms with Crippen molar-refractivity contribution in [2.45, 2.75) is 12.8 Å². The molecule has 1 aromatic heterocycles. The third-order valence-electron chi connectivity index (χ3n) is 4.45. The van der Waals surface area contributed by atoms with Crippen LogP contribution in [0.15, 0.2) is 59.7 Å². The summed E-state index contributed by atoms with van der Waals surface area (Å²) in [7, 11) is 1.63. The van der Waals surface area contributed by atoms with Crippen molar-refractivity contribution in [3.8, 4) is 16.2 Å². The van der Waals surface area contributed by atoms with Crippen molar-refractivity contribution >= 4 is 23.5 Å². The van der Waals surface area contributed by atoms with Crippen LogP contribution in [0.1, 0.15) is 26.4 Å². The molecule has 1 aliphatic rings. The number of nitrogens with zero attached hydrogens (tertiary/aromatic N) is 1. The zero-order chi connectivity index (χ0) is 17.9. The maximum Gasteiger partial charge on any atom is 0.281 e. The average molecular weight is 362 g/mol. The summed E-state index contributed by atoms with van der Waals surface area (Å²) in [5.41, 5.74) is 7.36. The van der Waals surface area contributed by atoms with Crippen LogP contribution in [0.4, 0.5) is 0 Å². The number of carbonyl (C=O) groups excluding carboxylic acids is 1. The van der Waals surface area contributed by atoms with Crippen molar-refractivity contribution in [3.63, 3.8) is 0 Å². The molecule has 26 heavy (non-hydrogen) atoms. The van der Waals surface area contributed by atoms with Crippen LogP contribution in [-0.4, -0.2) is 19.2 Å². The van der Waals surface area contributed by atoms with Gasteiger partial charge >= 0.3 is 0 Å². The highest BCUT2D eigenvalue weighted by Crippen LogP contribution is 2.39. The Morgan fingerprint density at radius 2 is 1.88 bits per heavy atom. The van der Waals surface area contributed by atoms with Crippen molar-refractivity contribution in [1.29, 1.82) is 0 Å². The number of methoxy groups -OCH3 is 1. The van der Waals surface area contributed by atoms with Crippen LogP contribution >= 0.6 is 11.3 Å². The Bertz CT molecular complexity index is 974. The van der Waals surface area contributed by atoms with Crippen LogP contribution < -0.4 is 10.2 Å². The molecule has 4 nitrogen and oxygen atoms in total. The lowest BCUT2D eigenvalue weighted by Gasteiger charge is -2.15. The summed E-state index contributed by atoms with van der Waals surface area (Å²) in [4.78, 5) is 14.3. The molecule has 1 N–H and O–H groups in total. The van der Waals surface area contributed by atoms with Gasteiger partial charge in [0, 0.05) is 4.88 Å². The van der Waals surface area contributed by atoms with Gasteiger partial charge < -0.3 is 4.74 Å². The van der Waals surface area contributed by atoms with E-state index in [1.807, 2.05) is 36.4 Å². The largest absolute Gasteiger partial charge is 0.497 e. The Hall–Kier alpha value is -2.92. The molecule has 0 saturated heterocycles. The number of carbonyl (C=O) groups is 1. The number of rotatable bonds is 4. The summed E-state index contributed by atoms with van der Waals surface area (Å²) in [5, 5.41) is 4.07. The van der Waals surface area contributed by atoms with Gasteiger partial charge in [0.15, 0.2) is 0 Å². The van der Waals surface area contributed by atoms with Crippen LogP contribution in [0.5, 0.6) is 5.75 Å². The fourth-order valence-corrected chi connectivity index (χ4v) is 4.25. The van der Waals surface area contributed by atoms with E-state index in [1.54, 1.807) is 13.3 Å². The summed E-state index contributed by atoms with van der Waals surface area (Å²) in [6.45, 7) is 0. The molecule has 3 aromatic rings. The maximum absolute atomic E-state index is 12.4. The number of hydrazone groups is 1. The van der Waals surface area contributed by atoms with Crippen molar-refractivity contribution in [1.82, 2.24) is 5.43 Å². The Kier molecular flexibility index (Phi) is 4.54. The number of amides is 1. The monoisotopic (exact) mass is 362 g/mol. The predicted octanol–water partition coefficient (Wildman–Crippen LogP) is 4.29. The molecule has 2 aromatic carbocycles. The molecule has 4 rings (SSSR count). The van der Waals surface area contributed by atoms with E-state index in [-0.39, 0.29) is 5.91 Å². The molecule has 0 spiro atoms. The zero-order valence-electron chi connectivity index (χ0n) is 14.4. The Balaban J connectivity index is 1.48. The molecule has 0 atom stereocenters. The number of ether oxygens (including phenoxy) is 1. The van der Waals surface area contributed by atoms with Crippen LogP contribution in [0.2, 0.25) is 0 Å². The fraction of sp³-hybridized carbons (Fsp3) is 0.143. The van der Waals surface area contributed by atoms with Crippen molar-refractivity contribution in [2.75, 3.05) is 7.11 Å². The van der Waals surface area contributed by atoms with Gasteiger partial charge in [0.2, 0.25) is 0 Å². The van der Waals surface area contributed by atoms with Gasteiger partial charge in [0.25, 0.3) is 5.91 Å². The molecule has 0 radical (unpaired) electrons. The molecule has 5 heteroatoms. The Morgan fingerprint density at radius 1 is 1.12 bits per heavy atom. The summed E-state index contributed by atoms with van der Waals surface area (Å²) < 4.78 is 5.12. The van der Waals surface area contributed by atoms with Crippen molar-refractivity contribution in [3.05, 3.63) is 76.2 Å². The second-order valence-electron chi connectivity index (χ2n) is 6.09. The van der Waals surface area contributed by atoms with Gasteiger partial charge in [-0.1, -0.05) is 24.3 Å². The van der Waals surface area contributed by atoms with E-state index in [4.69, 9.17) is 4.74 Å². The highest BCUT2D eigenvalue weighted by atomic mass is 32.1. The Labute approximate surface area is 156 Å². The van der Waals surface area contributed by atoms with E-state index in [0.717, 1.165) is 24.2 Å². The summed E-state index contributed by atoms with van der Waals surface area (Å²) in [6.07, 6.45) is 3.63. The standard InChI is InChI=1S/C21H18N2O2S/c1-25-17-10-6-14(7-11-17)13-22-23-21(24)19-12-16-9-8-15-4-2-3-5-18(15)20(16)26-19/h2-7,10-13H,8-9H2,1H3,(H,23,24). The second-order valence-corrected chi connectivity index (χ2v) is 7.15. The molecular formula is C21H18N2O2S. The quantitative estimate of drug-likeness (QED) is 0.556. The minimum atomic E-state index is -0.174. The zero-order valence-corrected chi connectivity index (χ0v) is 15.2. The normalized spacial score (nSPS) is 12.5. The first-order valence-corrected chi connectivity index (χ1v) is 9.24. The first-order valence-electron chi connectivity index (χ1n) is 8.43. The van der Waals surface area contributed by atoms with E-state index >= 15 is 0 Å². The lowest BCUT2D eigenvalue weighted by atomic mass is 9.91. The SMILES string of the molecule is COc1ccc(C=NNC(=O)c2cc3c(s2)-c2ccccc2CC3)cc1. The topological polar surface area (TPSA) is 50.7 Å². The number of thiophene rings is 1. The summed E-state index contributed by atoms with van der Waals surface area (Å²) in [6, 6.07) is 17.9. The van der Waals surface area contributed by atoms with E-state index in [9.17, 15) is 4.79 Å². The van der Waals surface area contributed by atoms with E-state index in [1.165, 1.54) is 32.9 Å². The lowest BCUT2D eigenvalue weighted by Crippen LogP contribution is -2.16. The lowest BCUT2D eigenvalue weighted by molar-refractivity contribution is 0.0959. The fourth-order valence-electron chi connectivity index (χ4n) is 3.09. The average Bonchev–Trinajstić information content (AvgIpc) is 3.13. The number of benzene rings is 2. The van der Waals surface area contributed by atoms with Crippen LogP contribution in [0.25, 0.3) is 10.4 Å². The van der Waals surface area contributed by atoms with Gasteiger partial charge in [0.05, 0.1) is 18.2 Å². The van der Waals surface area contributed by atoms with E-state index < -0.39 is 0 Å². The van der Waals surface area contributed by atoms with Crippen LogP contribution in [0, 0.1) is 0 Å². The van der Waals surface area contributed by atoms with E-state index in [2.05, 4.69) is 28.7 Å². The molecular weight excluding hydrogens is 344 g/mol. The number of fused-ring (bicyclic) bond motifs is 3. The van der Waals surface area contributed by atoms with Crippen LogP contribution in [-0.2, 0) is 12.8 Å². The second kappa shape index (κ2) is 7.14. The molecule has 1 heterocycles. The molecule has 1 aliphatic carbocycles. The first kappa shape index (κ1) is 16.5. The van der Waals surface area contributed by atoms with Crippen LogP contribution in [0.3, 0.4) is 0 Å². The van der Waals surface area contributed by atoms with Gasteiger partial charge in [-0.25, -0.2) is 5.43 Å². The highest BCUT2D eigenvalue weighted by molar-refractivity contribution is 7.17. The van der Waals surface area contributed by atoms with Gasteiger partial charge in [-0.05, 0) is 65.4 Å². The van der Waals surface area contributed by atoms with Gasteiger partial charge in [-0.15, -0.1) is 11.3 Å². The van der Waals surface area contributed by atoms with Gasteiger partial charge in [0.1, 0.15) is 5.75 Å². The van der Waals surface area contributed by atoms with Gasteiger partial charge in [-0.2, -0.15) is 5.10 Å². The number of aryl methyl sites for hydroxylation is 2. The third-order valence-corrected chi connectivity index (χ3v) is 5.66. The molecule has 0 bridgehead atoms. The minimum absolute atomic E-state index is 0.174. The molecule has 130 valence electrons. The number of hydrogen-bond donors (Lipinski definition) is 1. The summed E-state index contributed by atoms with van der Waals surface area (Å²) in [5.74, 6) is 0.613. The molecule has 1 amide bonds. The number of hydrogen-bond acceptors (Lipinski definition) is 4. The predicted molar refractivity (Wildman–Crippen MR) is 105 cm³/mol. The molecule has 0 unspecified atom stereocenters. The summed E-state index contributed by atoms with van der Waals surface area (Å²) >= 11 is 1.53. The maximum atomic E-state index is 12.4. The Morgan fingerprint density at radius 3 is 2.69 bits per heavy atom. The highest BCUT2D eigenvalue weighted by Gasteiger charge is 2.21. The molecule has 0 fully saturated rings. The smallest absolute Gasteiger partial charge is 0.281 e. The van der Waals surface area contributed by atoms with E-state index in [0.29, 0.717) is 4.88 Å². The number of nitrogens with one attached hydrogen (secondary N) is 1. The minimum Gasteiger partial charge on any atom is -0.497 e. The first-order chi connectivity index (χ1) is 12.7. The van der Waals surface area contributed by atoms with Crippen molar-refractivity contribution in [2.24, 2.45) is 5.10 Å².